The summed E-state index contributed by atoms with van der Waals surface area (Å²) in [5.41, 5.74) is 2.94. The third kappa shape index (κ3) is 4.52. The molecule has 0 aliphatic rings. The Balaban J connectivity index is 3.46. The number of alkyl halides is 5. The fourth-order valence-electron chi connectivity index (χ4n) is 1.46. The molecule has 0 spiro atoms. The zero-order chi connectivity index (χ0) is 16.2. The molecule has 0 saturated heterocycles. The van der Waals surface area contributed by atoms with E-state index in [2.05, 4.69) is 14.5 Å². The van der Waals surface area contributed by atoms with E-state index in [-0.39, 0.29) is 18.8 Å². The fourth-order valence-corrected chi connectivity index (χ4v) is 1.46. The highest BCUT2D eigenvalue weighted by molar-refractivity contribution is 5.92. The van der Waals surface area contributed by atoms with Gasteiger partial charge in [0.25, 0.3) is 6.43 Å². The van der Waals surface area contributed by atoms with Gasteiger partial charge in [-0.15, -0.1) is 13.2 Å². The van der Waals surface area contributed by atoms with Crippen molar-refractivity contribution in [1.82, 2.24) is 4.98 Å². The van der Waals surface area contributed by atoms with Crippen LogP contribution in [-0.2, 0) is 11.3 Å². The van der Waals surface area contributed by atoms with E-state index in [1.165, 1.54) is 6.92 Å². The van der Waals surface area contributed by atoms with Crippen LogP contribution in [0.5, 0.6) is 5.88 Å². The molecule has 0 aromatic carbocycles. The zero-order valence-electron chi connectivity index (χ0n) is 10.7. The summed E-state index contributed by atoms with van der Waals surface area (Å²) < 4.78 is 70.7. The molecule has 0 aliphatic carbocycles. The van der Waals surface area contributed by atoms with Crippen molar-refractivity contribution in [3.63, 3.8) is 0 Å². The van der Waals surface area contributed by atoms with Gasteiger partial charge in [0.05, 0.1) is 23.4 Å². The minimum absolute atomic E-state index is 0.142. The number of nitrogens with zero attached hydrogens (tertiary/aromatic N) is 1. The van der Waals surface area contributed by atoms with Crippen LogP contribution >= 0.6 is 0 Å². The lowest BCUT2D eigenvalue weighted by Crippen LogP contribution is -2.22. The van der Waals surface area contributed by atoms with Crippen molar-refractivity contribution in [2.45, 2.75) is 26.3 Å². The zero-order valence-corrected chi connectivity index (χ0v) is 10.7. The predicted molar refractivity (Wildman–Crippen MR) is 59.7 cm³/mol. The van der Waals surface area contributed by atoms with Crippen molar-refractivity contribution in [2.24, 2.45) is 5.73 Å². The maximum absolute atomic E-state index is 13.0. The van der Waals surface area contributed by atoms with E-state index in [4.69, 9.17) is 5.73 Å². The molecule has 0 saturated carbocycles. The summed E-state index contributed by atoms with van der Waals surface area (Å²) in [7, 11) is 0. The molecular weight excluding hydrogens is 303 g/mol. The van der Waals surface area contributed by atoms with Gasteiger partial charge in [0.15, 0.2) is 0 Å². The Hall–Kier alpha value is -1.97. The second kappa shape index (κ2) is 6.66. The van der Waals surface area contributed by atoms with Gasteiger partial charge in [-0.3, -0.25) is 0 Å². The predicted octanol–water partition coefficient (Wildman–Crippen LogP) is 2.55. The van der Waals surface area contributed by atoms with Gasteiger partial charge in [-0.1, -0.05) is 0 Å². The molecule has 2 N–H and O–H groups in total. The van der Waals surface area contributed by atoms with Crippen molar-refractivity contribution in [2.75, 3.05) is 6.61 Å². The first-order chi connectivity index (χ1) is 9.69. The molecule has 0 amide bonds. The van der Waals surface area contributed by atoms with Crippen LogP contribution < -0.4 is 10.5 Å². The molecule has 21 heavy (non-hydrogen) atoms. The molecule has 0 fully saturated rings. The molecule has 1 heterocycles. The molecule has 0 aliphatic heterocycles. The number of halogens is 5. The van der Waals surface area contributed by atoms with Gasteiger partial charge in [0, 0.05) is 6.54 Å². The van der Waals surface area contributed by atoms with E-state index < -0.39 is 35.8 Å². The van der Waals surface area contributed by atoms with Crippen LogP contribution in [0.1, 0.15) is 35.0 Å². The summed E-state index contributed by atoms with van der Waals surface area (Å²) in [4.78, 5) is 14.8. The third-order valence-electron chi connectivity index (χ3n) is 2.21. The van der Waals surface area contributed by atoms with Crippen molar-refractivity contribution >= 4 is 5.97 Å². The Morgan fingerprint density at radius 1 is 1.43 bits per heavy atom. The Kier molecular flexibility index (Phi) is 5.41. The number of hydrogen-bond acceptors (Lipinski definition) is 5. The van der Waals surface area contributed by atoms with Crippen LogP contribution in [0.15, 0.2) is 6.07 Å². The van der Waals surface area contributed by atoms with Gasteiger partial charge in [-0.05, 0) is 13.0 Å². The highest BCUT2D eigenvalue weighted by Crippen LogP contribution is 2.34. The Morgan fingerprint density at radius 2 is 2.05 bits per heavy atom. The first-order valence-electron chi connectivity index (χ1n) is 5.64. The van der Waals surface area contributed by atoms with Crippen molar-refractivity contribution < 1.29 is 36.2 Å². The molecule has 1 aromatic rings. The third-order valence-corrected chi connectivity index (χ3v) is 2.21. The number of ether oxygens (including phenoxy) is 2. The fraction of sp³-hybridized carbons (Fsp3) is 0.455. The van der Waals surface area contributed by atoms with Crippen LogP contribution in [0.3, 0.4) is 0 Å². The van der Waals surface area contributed by atoms with E-state index in [0.29, 0.717) is 0 Å². The molecular formula is C11H11F5N2O3. The minimum atomic E-state index is -5.24. The van der Waals surface area contributed by atoms with Crippen LogP contribution in [0, 0.1) is 0 Å². The van der Waals surface area contributed by atoms with E-state index >= 15 is 0 Å². The molecule has 1 rings (SSSR count). The number of rotatable bonds is 5. The van der Waals surface area contributed by atoms with Gasteiger partial charge in [0.2, 0.25) is 5.88 Å². The van der Waals surface area contributed by atoms with Crippen molar-refractivity contribution in [3.8, 4) is 5.88 Å². The number of esters is 1. The number of carbonyl (C=O) groups is 1. The first kappa shape index (κ1) is 17.1. The molecule has 5 nitrogen and oxygen atoms in total. The first-order valence-corrected chi connectivity index (χ1v) is 5.64. The minimum Gasteiger partial charge on any atom is -0.462 e. The summed E-state index contributed by atoms with van der Waals surface area (Å²) in [6, 6.07) is 0.850. The normalized spacial score (nSPS) is 11.6. The van der Waals surface area contributed by atoms with Crippen LogP contribution in [0.2, 0.25) is 0 Å². The summed E-state index contributed by atoms with van der Waals surface area (Å²) in [6.07, 6.45) is -8.66. The number of nitrogens with two attached hydrogens (primary N) is 1. The topological polar surface area (TPSA) is 74.4 Å². The highest BCUT2D eigenvalue weighted by atomic mass is 19.4. The van der Waals surface area contributed by atoms with Gasteiger partial charge in [-0.25, -0.2) is 18.6 Å². The highest BCUT2D eigenvalue weighted by Gasteiger charge is 2.36. The van der Waals surface area contributed by atoms with Gasteiger partial charge < -0.3 is 15.2 Å². The van der Waals surface area contributed by atoms with Crippen LogP contribution in [-0.4, -0.2) is 23.9 Å². The maximum atomic E-state index is 13.0. The molecule has 0 atom stereocenters. The molecule has 10 heteroatoms. The number of carbonyl (C=O) groups excluding carboxylic acids is 1. The Bertz CT molecular complexity index is 519. The van der Waals surface area contributed by atoms with Gasteiger partial charge in [-0.2, -0.15) is 0 Å². The monoisotopic (exact) mass is 314 g/mol. The number of aromatic nitrogens is 1. The largest absolute Gasteiger partial charge is 0.574 e. The van der Waals surface area contributed by atoms with E-state index in [0.717, 1.165) is 6.07 Å². The standard InChI is InChI=1S/C11H11F5N2O3/c1-2-20-10(19)6-3-5(4-17)18-9(7(6)8(12)13)21-11(14,15)16/h3,8H,2,4,17H2,1H3. The smallest absolute Gasteiger partial charge is 0.462 e. The molecule has 118 valence electrons. The lowest BCUT2D eigenvalue weighted by atomic mass is 10.1. The SMILES string of the molecule is CCOC(=O)c1cc(CN)nc(OC(F)(F)F)c1C(F)F. The number of pyridine rings is 1. The molecule has 0 bridgehead atoms. The average Bonchev–Trinajstić information content (AvgIpc) is 2.35. The maximum Gasteiger partial charge on any atom is 0.574 e. The average molecular weight is 314 g/mol. The summed E-state index contributed by atoms with van der Waals surface area (Å²) in [6.45, 7) is 0.902. The van der Waals surface area contributed by atoms with Crippen molar-refractivity contribution in [3.05, 3.63) is 22.9 Å². The molecule has 1 aromatic heterocycles. The van der Waals surface area contributed by atoms with Gasteiger partial charge in [0.1, 0.15) is 0 Å². The quantitative estimate of drug-likeness (QED) is 0.668. The summed E-state index contributed by atoms with van der Waals surface area (Å²) in [5.74, 6) is -2.62. The Morgan fingerprint density at radius 3 is 2.48 bits per heavy atom. The molecule has 0 unspecified atom stereocenters. The van der Waals surface area contributed by atoms with E-state index in [9.17, 15) is 26.7 Å². The Labute approximate surface area is 115 Å². The van der Waals surface area contributed by atoms with Crippen LogP contribution in [0.25, 0.3) is 0 Å². The van der Waals surface area contributed by atoms with Crippen LogP contribution in [0.4, 0.5) is 22.0 Å². The second-order valence-corrected chi connectivity index (χ2v) is 3.65. The number of hydrogen-bond donors (Lipinski definition) is 1. The second-order valence-electron chi connectivity index (χ2n) is 3.65. The lowest BCUT2D eigenvalue weighted by Gasteiger charge is -2.16. The molecule has 0 radical (unpaired) electrons. The van der Waals surface area contributed by atoms with Crippen molar-refractivity contribution in [1.29, 1.82) is 0 Å². The van der Waals surface area contributed by atoms with Gasteiger partial charge >= 0.3 is 12.3 Å². The summed E-state index contributed by atoms with van der Waals surface area (Å²) >= 11 is 0. The summed E-state index contributed by atoms with van der Waals surface area (Å²) in [5, 5.41) is 0. The van der Waals surface area contributed by atoms with E-state index in [1.54, 1.807) is 0 Å². The lowest BCUT2D eigenvalue weighted by molar-refractivity contribution is -0.276. The van der Waals surface area contributed by atoms with E-state index in [1.807, 2.05) is 0 Å².